The summed E-state index contributed by atoms with van der Waals surface area (Å²) in [6.45, 7) is 3.10. The molecule has 17 heavy (non-hydrogen) atoms. The van der Waals surface area contributed by atoms with Gasteiger partial charge in [0.05, 0.1) is 17.9 Å². The van der Waals surface area contributed by atoms with Crippen LogP contribution >= 0.6 is 11.8 Å². The second kappa shape index (κ2) is 3.74. The molecule has 3 heterocycles. The van der Waals surface area contributed by atoms with Crippen LogP contribution < -0.4 is 0 Å². The molecule has 0 aliphatic carbocycles. The van der Waals surface area contributed by atoms with E-state index in [-0.39, 0.29) is 28.8 Å². The Morgan fingerprint density at radius 1 is 1.59 bits per heavy atom. The predicted octanol–water partition coefficient (Wildman–Crippen LogP) is 0.870. The summed E-state index contributed by atoms with van der Waals surface area (Å²) >= 11 is 1.53. The topological polar surface area (TPSA) is 66.8 Å². The molecular weight excluding hydrogens is 242 g/mol. The van der Waals surface area contributed by atoms with Crippen molar-refractivity contribution in [1.29, 1.82) is 0 Å². The molecule has 0 aromatic rings. The largest absolute Gasteiger partial charge is 0.477 e. The van der Waals surface area contributed by atoms with E-state index in [1.54, 1.807) is 0 Å². The molecule has 3 rings (SSSR count). The van der Waals surface area contributed by atoms with Crippen LogP contribution in [0.25, 0.3) is 0 Å². The summed E-state index contributed by atoms with van der Waals surface area (Å²) in [7, 11) is 0. The standard InChI is InChI=1S/C11H13NO4S/c1-5-9(13)12-7(11(14)15)8(17-10(5)12)6-2-3-16-4-6/h5-6,10H,2-4H2,1H3,(H,14,15)/t5?,6?,10-/m0/s1. The molecule has 0 aromatic heterocycles. The molecule has 0 radical (unpaired) electrons. The highest BCUT2D eigenvalue weighted by Crippen LogP contribution is 2.52. The number of carboxylic acid groups (broad SMARTS) is 1. The first-order valence-corrected chi connectivity index (χ1v) is 6.54. The van der Waals surface area contributed by atoms with Crippen molar-refractivity contribution in [2.45, 2.75) is 18.7 Å². The van der Waals surface area contributed by atoms with Crippen LogP contribution in [0.5, 0.6) is 0 Å². The molecule has 2 fully saturated rings. The normalized spacial score (nSPS) is 36.2. The lowest BCUT2D eigenvalue weighted by atomic mass is 9.98. The average molecular weight is 255 g/mol. The summed E-state index contributed by atoms with van der Waals surface area (Å²) in [5.41, 5.74) is 0.193. The maximum Gasteiger partial charge on any atom is 0.353 e. The van der Waals surface area contributed by atoms with E-state index in [2.05, 4.69) is 0 Å². The number of hydrogen-bond acceptors (Lipinski definition) is 4. The van der Waals surface area contributed by atoms with Gasteiger partial charge in [-0.3, -0.25) is 9.69 Å². The lowest BCUT2D eigenvalue weighted by Crippen LogP contribution is -2.55. The molecule has 1 N–H and O–H groups in total. The van der Waals surface area contributed by atoms with Crippen molar-refractivity contribution < 1.29 is 19.4 Å². The van der Waals surface area contributed by atoms with E-state index in [1.807, 2.05) is 6.92 Å². The monoisotopic (exact) mass is 255 g/mol. The van der Waals surface area contributed by atoms with Crippen LogP contribution in [0.4, 0.5) is 0 Å². The van der Waals surface area contributed by atoms with Crippen LogP contribution in [0.2, 0.25) is 0 Å². The Labute approximate surface area is 103 Å². The highest BCUT2D eigenvalue weighted by Gasteiger charge is 2.54. The van der Waals surface area contributed by atoms with Gasteiger partial charge in [-0.2, -0.15) is 0 Å². The van der Waals surface area contributed by atoms with Crippen molar-refractivity contribution >= 4 is 23.6 Å². The molecule has 6 heteroatoms. The number of aliphatic carboxylic acids is 1. The van der Waals surface area contributed by atoms with E-state index in [0.29, 0.717) is 13.2 Å². The highest BCUT2D eigenvalue weighted by atomic mass is 32.2. The van der Waals surface area contributed by atoms with Crippen LogP contribution in [0, 0.1) is 11.8 Å². The summed E-state index contributed by atoms with van der Waals surface area (Å²) in [5.74, 6) is -0.998. The summed E-state index contributed by atoms with van der Waals surface area (Å²) in [4.78, 5) is 25.3. The molecule has 3 aliphatic rings. The Balaban J connectivity index is 1.95. The second-order valence-corrected chi connectivity index (χ2v) is 5.74. The smallest absolute Gasteiger partial charge is 0.353 e. The van der Waals surface area contributed by atoms with Crippen LogP contribution in [-0.2, 0) is 14.3 Å². The number of amides is 1. The Kier molecular flexibility index (Phi) is 2.45. The molecule has 2 unspecified atom stereocenters. The third kappa shape index (κ3) is 1.43. The Morgan fingerprint density at radius 2 is 2.35 bits per heavy atom. The van der Waals surface area contributed by atoms with Gasteiger partial charge in [0.15, 0.2) is 0 Å². The molecule has 3 aliphatic heterocycles. The van der Waals surface area contributed by atoms with E-state index < -0.39 is 5.97 Å². The minimum Gasteiger partial charge on any atom is -0.477 e. The number of fused-ring (bicyclic) bond motifs is 1. The van der Waals surface area contributed by atoms with E-state index in [9.17, 15) is 14.7 Å². The maximum absolute atomic E-state index is 11.7. The van der Waals surface area contributed by atoms with Crippen molar-refractivity contribution in [3.8, 4) is 0 Å². The molecule has 1 amide bonds. The quantitative estimate of drug-likeness (QED) is 0.742. The molecule has 0 bridgehead atoms. The van der Waals surface area contributed by atoms with Gasteiger partial charge >= 0.3 is 5.97 Å². The summed E-state index contributed by atoms with van der Waals surface area (Å²) < 4.78 is 5.30. The van der Waals surface area contributed by atoms with E-state index in [4.69, 9.17) is 4.74 Å². The fourth-order valence-corrected chi connectivity index (χ4v) is 4.12. The molecule has 0 saturated carbocycles. The minimum absolute atomic E-state index is 0.01000. The van der Waals surface area contributed by atoms with Crippen molar-refractivity contribution in [3.63, 3.8) is 0 Å². The molecule has 0 spiro atoms. The van der Waals surface area contributed by atoms with Gasteiger partial charge in [0, 0.05) is 17.4 Å². The molecule has 3 atom stereocenters. The lowest BCUT2D eigenvalue weighted by molar-refractivity contribution is -0.150. The van der Waals surface area contributed by atoms with E-state index >= 15 is 0 Å². The van der Waals surface area contributed by atoms with Crippen molar-refractivity contribution in [3.05, 3.63) is 10.6 Å². The minimum atomic E-state index is -0.998. The first kappa shape index (κ1) is 11.1. The molecule has 0 aromatic carbocycles. The van der Waals surface area contributed by atoms with Crippen LogP contribution in [0.3, 0.4) is 0 Å². The maximum atomic E-state index is 11.7. The third-order valence-corrected chi connectivity index (χ3v) is 5.18. The van der Waals surface area contributed by atoms with Gasteiger partial charge in [-0.05, 0) is 6.42 Å². The van der Waals surface area contributed by atoms with Gasteiger partial charge in [-0.1, -0.05) is 6.92 Å². The van der Waals surface area contributed by atoms with Crippen LogP contribution in [-0.4, -0.2) is 40.5 Å². The number of carbonyl (C=O) groups is 2. The number of nitrogens with zero attached hydrogens (tertiary/aromatic N) is 1. The fraction of sp³-hybridized carbons (Fsp3) is 0.636. The number of hydrogen-bond donors (Lipinski definition) is 1. The first-order chi connectivity index (χ1) is 8.11. The van der Waals surface area contributed by atoms with Gasteiger partial charge in [0.2, 0.25) is 5.91 Å². The van der Waals surface area contributed by atoms with E-state index in [0.717, 1.165) is 11.3 Å². The van der Waals surface area contributed by atoms with E-state index in [1.165, 1.54) is 16.7 Å². The highest BCUT2D eigenvalue weighted by molar-refractivity contribution is 8.04. The predicted molar refractivity (Wildman–Crippen MR) is 61.0 cm³/mol. The molecular formula is C11H13NO4S. The SMILES string of the molecule is CC1C(=O)N2C(C(=O)O)=C(C3CCOC3)S[C@@H]12. The average Bonchev–Trinajstić information content (AvgIpc) is 2.93. The summed E-state index contributed by atoms with van der Waals surface area (Å²) in [5, 5.41) is 9.25. The number of carbonyl (C=O) groups excluding carboxylic acids is 1. The summed E-state index contributed by atoms with van der Waals surface area (Å²) in [6, 6.07) is 0. The van der Waals surface area contributed by atoms with Crippen molar-refractivity contribution in [1.82, 2.24) is 4.90 Å². The van der Waals surface area contributed by atoms with Crippen LogP contribution in [0.15, 0.2) is 10.6 Å². The zero-order valence-electron chi connectivity index (χ0n) is 9.38. The lowest BCUT2D eigenvalue weighted by Gasteiger charge is -2.40. The number of β-lactam (4-membered cyclic amide) rings is 1. The zero-order chi connectivity index (χ0) is 12.2. The summed E-state index contributed by atoms with van der Waals surface area (Å²) in [6.07, 6.45) is 0.849. The van der Waals surface area contributed by atoms with Gasteiger partial charge in [-0.25, -0.2) is 4.79 Å². The number of rotatable bonds is 2. The Morgan fingerprint density at radius 3 is 2.94 bits per heavy atom. The van der Waals surface area contributed by atoms with Crippen molar-refractivity contribution in [2.75, 3.05) is 13.2 Å². The number of thioether (sulfide) groups is 1. The fourth-order valence-electron chi connectivity index (χ4n) is 2.54. The number of ether oxygens (including phenoxy) is 1. The van der Waals surface area contributed by atoms with Gasteiger partial charge in [0.1, 0.15) is 5.70 Å². The molecule has 5 nitrogen and oxygen atoms in total. The molecule has 92 valence electrons. The van der Waals surface area contributed by atoms with Gasteiger partial charge in [0.25, 0.3) is 0 Å². The van der Waals surface area contributed by atoms with Crippen LogP contribution in [0.1, 0.15) is 13.3 Å². The number of carboxylic acids is 1. The van der Waals surface area contributed by atoms with Crippen molar-refractivity contribution in [2.24, 2.45) is 11.8 Å². The zero-order valence-corrected chi connectivity index (χ0v) is 10.2. The van der Waals surface area contributed by atoms with Gasteiger partial charge in [-0.15, -0.1) is 11.8 Å². The Hall–Kier alpha value is -1.01. The Bertz CT molecular complexity index is 427. The first-order valence-electron chi connectivity index (χ1n) is 5.66. The molecule has 2 saturated heterocycles. The van der Waals surface area contributed by atoms with Gasteiger partial charge < -0.3 is 9.84 Å². The second-order valence-electron chi connectivity index (χ2n) is 4.58. The third-order valence-electron chi connectivity index (χ3n) is 3.53.